The van der Waals surface area contributed by atoms with E-state index in [2.05, 4.69) is 23.3 Å². The van der Waals surface area contributed by atoms with Gasteiger partial charge in [-0.1, -0.05) is 0 Å². The van der Waals surface area contributed by atoms with E-state index in [-0.39, 0.29) is 5.97 Å². The molecule has 0 aliphatic carbocycles. The Labute approximate surface area is 124 Å². The van der Waals surface area contributed by atoms with Gasteiger partial charge in [0.25, 0.3) is 0 Å². The molecular formula is C15H22N2O2S. The lowest BCUT2D eigenvalue weighted by atomic mass is 9.81. The maximum atomic E-state index is 11.9. The minimum Gasteiger partial charge on any atom is -0.465 e. The number of carbonyl (C=O) groups is 1. The normalized spacial score (nSPS) is 29.3. The standard InChI is InChI=1S/C15H22N2O2S/c1-16-10-8-11-4-3-5-12(9-10)17(11)13-6-7-20-14(13)15(18)19-2/h6-7,10-12,16H,3-5,8-9H2,1-2H3. The summed E-state index contributed by atoms with van der Waals surface area (Å²) in [6.45, 7) is 0. The van der Waals surface area contributed by atoms with Gasteiger partial charge in [-0.3, -0.25) is 0 Å². The minimum absolute atomic E-state index is 0.205. The molecule has 0 aromatic carbocycles. The molecular weight excluding hydrogens is 272 g/mol. The molecule has 110 valence electrons. The molecule has 20 heavy (non-hydrogen) atoms. The van der Waals surface area contributed by atoms with Gasteiger partial charge >= 0.3 is 5.97 Å². The maximum absolute atomic E-state index is 11.9. The predicted molar refractivity (Wildman–Crippen MR) is 81.6 cm³/mol. The van der Waals surface area contributed by atoms with Crippen LogP contribution in [0.4, 0.5) is 5.69 Å². The number of nitrogens with zero attached hydrogens (tertiary/aromatic N) is 1. The summed E-state index contributed by atoms with van der Waals surface area (Å²) in [7, 11) is 3.51. The number of rotatable bonds is 3. The molecule has 0 saturated carbocycles. The van der Waals surface area contributed by atoms with Crippen molar-refractivity contribution in [2.45, 2.75) is 50.2 Å². The van der Waals surface area contributed by atoms with Gasteiger partial charge in [0.05, 0.1) is 12.8 Å². The van der Waals surface area contributed by atoms with Crippen LogP contribution < -0.4 is 10.2 Å². The fraction of sp³-hybridized carbons (Fsp3) is 0.667. The number of nitrogens with one attached hydrogen (secondary N) is 1. The zero-order valence-electron chi connectivity index (χ0n) is 12.1. The molecule has 2 atom stereocenters. The number of methoxy groups -OCH3 is 1. The van der Waals surface area contributed by atoms with Crippen molar-refractivity contribution in [1.82, 2.24) is 5.32 Å². The van der Waals surface area contributed by atoms with Gasteiger partial charge in [0.15, 0.2) is 0 Å². The van der Waals surface area contributed by atoms with E-state index < -0.39 is 0 Å². The minimum atomic E-state index is -0.205. The van der Waals surface area contributed by atoms with Crippen LogP contribution in [-0.4, -0.2) is 38.3 Å². The Balaban J connectivity index is 1.90. The first kappa shape index (κ1) is 13.9. The summed E-state index contributed by atoms with van der Waals surface area (Å²) in [6, 6.07) is 3.81. The number of hydrogen-bond donors (Lipinski definition) is 1. The highest BCUT2D eigenvalue weighted by atomic mass is 32.1. The van der Waals surface area contributed by atoms with E-state index in [9.17, 15) is 4.79 Å². The van der Waals surface area contributed by atoms with Crippen LogP contribution in [0.5, 0.6) is 0 Å². The molecule has 5 heteroatoms. The second-order valence-electron chi connectivity index (χ2n) is 5.73. The third kappa shape index (κ3) is 2.33. The molecule has 2 saturated heterocycles. The lowest BCUT2D eigenvalue weighted by Crippen LogP contribution is -2.56. The number of ether oxygens (including phenoxy) is 1. The highest BCUT2D eigenvalue weighted by molar-refractivity contribution is 7.12. The van der Waals surface area contributed by atoms with Crippen LogP contribution in [0.2, 0.25) is 0 Å². The van der Waals surface area contributed by atoms with E-state index in [0.717, 1.165) is 10.6 Å². The number of thiophene rings is 1. The average molecular weight is 294 g/mol. The first-order valence-corrected chi connectivity index (χ1v) is 8.24. The van der Waals surface area contributed by atoms with Crippen LogP contribution in [0.25, 0.3) is 0 Å². The molecule has 3 rings (SSSR count). The molecule has 1 aromatic rings. The zero-order valence-corrected chi connectivity index (χ0v) is 12.9. The smallest absolute Gasteiger partial charge is 0.350 e. The number of fused-ring (bicyclic) bond motifs is 2. The first-order chi connectivity index (χ1) is 9.74. The average Bonchev–Trinajstić information content (AvgIpc) is 2.94. The lowest BCUT2D eigenvalue weighted by molar-refractivity contribution is 0.0606. The van der Waals surface area contributed by atoms with E-state index in [1.165, 1.54) is 50.6 Å². The number of carbonyl (C=O) groups excluding carboxylic acids is 1. The van der Waals surface area contributed by atoms with Crippen LogP contribution in [0.15, 0.2) is 11.4 Å². The van der Waals surface area contributed by atoms with Crippen molar-refractivity contribution in [3.63, 3.8) is 0 Å². The topological polar surface area (TPSA) is 41.6 Å². The van der Waals surface area contributed by atoms with Crippen molar-refractivity contribution in [1.29, 1.82) is 0 Å². The van der Waals surface area contributed by atoms with Crippen LogP contribution in [0.1, 0.15) is 41.8 Å². The molecule has 3 heterocycles. The van der Waals surface area contributed by atoms with E-state index >= 15 is 0 Å². The Morgan fingerprint density at radius 3 is 2.70 bits per heavy atom. The predicted octanol–water partition coefficient (Wildman–Crippen LogP) is 2.64. The van der Waals surface area contributed by atoms with Gasteiger partial charge in [0.1, 0.15) is 4.88 Å². The summed E-state index contributed by atoms with van der Waals surface area (Å²) in [6.07, 6.45) is 6.10. The van der Waals surface area contributed by atoms with E-state index in [1.54, 1.807) is 0 Å². The summed E-state index contributed by atoms with van der Waals surface area (Å²) in [5.74, 6) is -0.205. The number of esters is 1. The van der Waals surface area contributed by atoms with Gasteiger partial charge in [-0.15, -0.1) is 11.3 Å². The quantitative estimate of drug-likeness (QED) is 0.870. The van der Waals surface area contributed by atoms with E-state index in [0.29, 0.717) is 18.1 Å². The summed E-state index contributed by atoms with van der Waals surface area (Å²) >= 11 is 1.49. The van der Waals surface area contributed by atoms with Crippen molar-refractivity contribution in [2.75, 3.05) is 19.1 Å². The molecule has 2 aliphatic rings. The Bertz CT molecular complexity index is 474. The molecule has 2 aliphatic heterocycles. The third-order valence-corrected chi connectivity index (χ3v) is 5.56. The fourth-order valence-electron chi connectivity index (χ4n) is 3.76. The van der Waals surface area contributed by atoms with Crippen molar-refractivity contribution in [3.8, 4) is 0 Å². The molecule has 2 fully saturated rings. The van der Waals surface area contributed by atoms with Gasteiger partial charge in [-0.05, 0) is 50.6 Å². The summed E-state index contributed by atoms with van der Waals surface area (Å²) < 4.78 is 4.92. The summed E-state index contributed by atoms with van der Waals surface area (Å²) in [5.41, 5.74) is 1.09. The number of hydrogen-bond acceptors (Lipinski definition) is 5. The largest absolute Gasteiger partial charge is 0.465 e. The summed E-state index contributed by atoms with van der Waals surface area (Å²) in [5, 5.41) is 5.43. The van der Waals surface area contributed by atoms with Crippen LogP contribution >= 0.6 is 11.3 Å². The molecule has 2 bridgehead atoms. The molecule has 0 radical (unpaired) electrons. The van der Waals surface area contributed by atoms with Gasteiger partial charge in [0.2, 0.25) is 0 Å². The van der Waals surface area contributed by atoms with E-state index in [4.69, 9.17) is 4.74 Å². The zero-order chi connectivity index (χ0) is 14.1. The number of piperidine rings is 2. The van der Waals surface area contributed by atoms with Gasteiger partial charge in [0, 0.05) is 18.1 Å². The monoisotopic (exact) mass is 294 g/mol. The summed E-state index contributed by atoms with van der Waals surface area (Å²) in [4.78, 5) is 15.2. The number of anilines is 1. The van der Waals surface area contributed by atoms with Crippen molar-refractivity contribution in [2.24, 2.45) is 0 Å². The Hall–Kier alpha value is -1.07. The van der Waals surface area contributed by atoms with Crippen molar-refractivity contribution >= 4 is 23.0 Å². The Morgan fingerprint density at radius 2 is 2.10 bits per heavy atom. The second kappa shape index (κ2) is 5.74. The van der Waals surface area contributed by atoms with Gasteiger partial charge < -0.3 is 15.0 Å². The van der Waals surface area contributed by atoms with Crippen LogP contribution in [0.3, 0.4) is 0 Å². The van der Waals surface area contributed by atoms with Crippen LogP contribution in [-0.2, 0) is 4.74 Å². The van der Waals surface area contributed by atoms with Crippen molar-refractivity contribution in [3.05, 3.63) is 16.3 Å². The molecule has 1 N–H and O–H groups in total. The van der Waals surface area contributed by atoms with Gasteiger partial charge in [-0.25, -0.2) is 4.79 Å². The first-order valence-electron chi connectivity index (χ1n) is 7.36. The fourth-order valence-corrected chi connectivity index (χ4v) is 4.57. The molecule has 4 nitrogen and oxygen atoms in total. The van der Waals surface area contributed by atoms with Crippen molar-refractivity contribution < 1.29 is 9.53 Å². The molecule has 2 unspecified atom stereocenters. The lowest BCUT2D eigenvalue weighted by Gasteiger charge is -2.50. The Morgan fingerprint density at radius 1 is 1.40 bits per heavy atom. The Kier molecular flexibility index (Phi) is 3.98. The third-order valence-electron chi connectivity index (χ3n) is 4.68. The van der Waals surface area contributed by atoms with E-state index in [1.807, 2.05) is 5.38 Å². The SMILES string of the molecule is CNC1CC2CCCC(C1)N2c1ccsc1C(=O)OC. The van der Waals surface area contributed by atoms with Crippen LogP contribution in [0, 0.1) is 0 Å². The van der Waals surface area contributed by atoms with Gasteiger partial charge in [-0.2, -0.15) is 0 Å². The molecule has 1 aromatic heterocycles. The molecule has 0 spiro atoms. The maximum Gasteiger partial charge on any atom is 0.350 e. The highest BCUT2D eigenvalue weighted by Crippen LogP contribution is 2.40. The highest BCUT2D eigenvalue weighted by Gasteiger charge is 2.39. The second-order valence-corrected chi connectivity index (χ2v) is 6.65. The molecule has 0 amide bonds.